The van der Waals surface area contributed by atoms with Gasteiger partial charge in [0.1, 0.15) is 0 Å². The topological polar surface area (TPSA) is 22.2 Å². The predicted molar refractivity (Wildman–Crippen MR) is 125 cm³/mol. The molecule has 144 valence electrons. The maximum atomic E-state index is 4.83. The van der Waals surface area contributed by atoms with E-state index in [2.05, 4.69) is 108 Å². The third-order valence-corrected chi connectivity index (χ3v) is 6.02. The molecule has 0 atom stereocenters. The molecule has 4 aromatic carbocycles. The second kappa shape index (κ2) is 6.33. The summed E-state index contributed by atoms with van der Waals surface area (Å²) in [5.41, 5.74) is 10.7. The van der Waals surface area contributed by atoms with Gasteiger partial charge in [0.2, 0.25) is 5.78 Å². The average molecular weight is 387 g/mol. The fraction of sp³-hybridized carbons (Fsp3) is 0.0741. The van der Waals surface area contributed by atoms with Crippen LogP contribution in [0.1, 0.15) is 5.56 Å². The summed E-state index contributed by atoms with van der Waals surface area (Å²) in [7, 11) is 2.08. The third-order valence-electron chi connectivity index (χ3n) is 6.02. The van der Waals surface area contributed by atoms with Crippen LogP contribution in [0.4, 0.5) is 0 Å². The van der Waals surface area contributed by atoms with Crippen LogP contribution < -0.4 is 0 Å². The Balaban J connectivity index is 1.49. The summed E-state index contributed by atoms with van der Waals surface area (Å²) in [6.45, 7) is 2.12. The molecule has 0 fully saturated rings. The van der Waals surface area contributed by atoms with E-state index in [1.165, 1.54) is 38.9 Å². The molecule has 3 nitrogen and oxygen atoms in total. The Morgan fingerprint density at radius 1 is 0.600 bits per heavy atom. The van der Waals surface area contributed by atoms with Crippen molar-refractivity contribution in [1.82, 2.24) is 14.0 Å². The summed E-state index contributed by atoms with van der Waals surface area (Å²) in [5, 5.41) is 0. The Morgan fingerprint density at radius 3 is 1.93 bits per heavy atom. The fourth-order valence-electron chi connectivity index (χ4n) is 4.35. The number of nitrogens with zero attached hydrogens (tertiary/aromatic N) is 3. The number of rotatable bonds is 2. The van der Waals surface area contributed by atoms with E-state index < -0.39 is 0 Å². The van der Waals surface area contributed by atoms with Gasteiger partial charge in [0.05, 0.1) is 22.1 Å². The quantitative estimate of drug-likeness (QED) is 0.327. The largest absolute Gasteiger partial charge is 0.313 e. The zero-order valence-corrected chi connectivity index (χ0v) is 17.0. The van der Waals surface area contributed by atoms with Crippen LogP contribution in [0.5, 0.6) is 0 Å². The molecule has 0 bridgehead atoms. The second-order valence-electron chi connectivity index (χ2n) is 7.94. The van der Waals surface area contributed by atoms with E-state index in [0.717, 1.165) is 16.8 Å². The van der Waals surface area contributed by atoms with E-state index in [0.29, 0.717) is 0 Å². The molecule has 30 heavy (non-hydrogen) atoms. The number of aromatic nitrogens is 3. The smallest absolute Gasteiger partial charge is 0.215 e. The zero-order chi connectivity index (χ0) is 20.2. The lowest BCUT2D eigenvalue weighted by atomic mass is 9.99. The van der Waals surface area contributed by atoms with Gasteiger partial charge < -0.3 is 4.57 Å². The number of para-hydroxylation sites is 2. The van der Waals surface area contributed by atoms with Gasteiger partial charge in [-0.05, 0) is 53.4 Å². The summed E-state index contributed by atoms with van der Waals surface area (Å²) >= 11 is 0. The molecule has 0 spiro atoms. The van der Waals surface area contributed by atoms with Crippen LogP contribution in [0, 0.1) is 6.92 Å². The van der Waals surface area contributed by atoms with Gasteiger partial charge in [-0.25, -0.2) is 4.98 Å². The van der Waals surface area contributed by atoms with Gasteiger partial charge >= 0.3 is 0 Å². The van der Waals surface area contributed by atoms with Gasteiger partial charge in [-0.1, -0.05) is 72.3 Å². The maximum Gasteiger partial charge on any atom is 0.215 e. The Hall–Kier alpha value is -3.85. The molecule has 0 radical (unpaired) electrons. The minimum Gasteiger partial charge on any atom is -0.313 e. The molecule has 2 heterocycles. The van der Waals surface area contributed by atoms with Crippen molar-refractivity contribution in [3.63, 3.8) is 0 Å². The first-order chi connectivity index (χ1) is 14.7. The number of hydrogen-bond acceptors (Lipinski definition) is 1. The van der Waals surface area contributed by atoms with Crippen molar-refractivity contribution in [3.05, 3.63) is 96.6 Å². The van der Waals surface area contributed by atoms with Gasteiger partial charge in [-0.3, -0.25) is 4.40 Å². The van der Waals surface area contributed by atoms with Crippen LogP contribution in [-0.2, 0) is 7.05 Å². The van der Waals surface area contributed by atoms with Gasteiger partial charge in [-0.15, -0.1) is 0 Å². The highest BCUT2D eigenvalue weighted by Crippen LogP contribution is 2.30. The first-order valence-corrected chi connectivity index (χ1v) is 10.2. The Morgan fingerprint density at radius 2 is 1.20 bits per heavy atom. The van der Waals surface area contributed by atoms with Crippen LogP contribution in [0.15, 0.2) is 91.0 Å². The lowest BCUT2D eigenvalue weighted by Gasteiger charge is -2.06. The second-order valence-corrected chi connectivity index (χ2v) is 7.94. The van der Waals surface area contributed by atoms with Crippen LogP contribution in [0.3, 0.4) is 0 Å². The maximum absolute atomic E-state index is 4.83. The Bertz CT molecular complexity index is 1530. The minimum absolute atomic E-state index is 0.970. The van der Waals surface area contributed by atoms with Crippen LogP contribution in [0.2, 0.25) is 0 Å². The first kappa shape index (κ1) is 17.0. The normalized spacial score (nSPS) is 11.7. The van der Waals surface area contributed by atoms with Crippen LogP contribution >= 0.6 is 0 Å². The SMILES string of the molecule is Cc1ccc(-c2ccc(-c3ccc4c(c3)n3c5ccccc5nc3n4C)cc2)cc1. The molecule has 0 saturated heterocycles. The molecule has 0 saturated carbocycles. The van der Waals surface area contributed by atoms with Gasteiger partial charge in [0, 0.05) is 7.05 Å². The highest BCUT2D eigenvalue weighted by Gasteiger charge is 2.14. The lowest BCUT2D eigenvalue weighted by Crippen LogP contribution is -1.88. The molecule has 0 unspecified atom stereocenters. The summed E-state index contributed by atoms with van der Waals surface area (Å²) < 4.78 is 4.43. The monoisotopic (exact) mass is 387 g/mol. The number of fused-ring (bicyclic) bond motifs is 5. The average Bonchev–Trinajstić information content (AvgIpc) is 3.30. The standard InChI is InChI=1S/C27H21N3/c1-18-7-9-19(10-8-18)20-11-13-21(14-12-20)22-15-16-25-26(17-22)30-24-6-4-3-5-23(24)28-27(30)29(25)2/h3-17H,1-2H3. The van der Waals surface area contributed by atoms with Crippen molar-refractivity contribution in [2.24, 2.45) is 7.05 Å². The predicted octanol–water partition coefficient (Wildman–Crippen LogP) is 6.62. The van der Waals surface area contributed by atoms with E-state index in [-0.39, 0.29) is 0 Å². The van der Waals surface area contributed by atoms with Crippen LogP contribution in [-0.4, -0.2) is 14.0 Å². The molecule has 6 rings (SSSR count). The van der Waals surface area contributed by atoms with Crippen molar-refractivity contribution in [2.45, 2.75) is 6.92 Å². The Labute approximate surface area is 174 Å². The fourth-order valence-corrected chi connectivity index (χ4v) is 4.35. The van der Waals surface area contributed by atoms with Gasteiger partial charge in [0.25, 0.3) is 0 Å². The summed E-state index contributed by atoms with van der Waals surface area (Å²) in [5.74, 6) is 0.970. The van der Waals surface area contributed by atoms with Gasteiger partial charge in [-0.2, -0.15) is 0 Å². The highest BCUT2D eigenvalue weighted by molar-refractivity contribution is 5.92. The molecule has 0 aliphatic carbocycles. The van der Waals surface area contributed by atoms with E-state index >= 15 is 0 Å². The van der Waals surface area contributed by atoms with Crippen molar-refractivity contribution >= 4 is 27.8 Å². The number of imidazole rings is 2. The zero-order valence-electron chi connectivity index (χ0n) is 17.0. The van der Waals surface area contributed by atoms with E-state index in [9.17, 15) is 0 Å². The highest BCUT2D eigenvalue weighted by atomic mass is 15.2. The Kier molecular flexibility index (Phi) is 3.59. The van der Waals surface area contributed by atoms with E-state index in [4.69, 9.17) is 4.98 Å². The summed E-state index contributed by atoms with van der Waals surface area (Å²) in [6, 6.07) is 32.5. The van der Waals surface area contributed by atoms with Gasteiger partial charge in [0.15, 0.2) is 0 Å². The van der Waals surface area contributed by atoms with E-state index in [1.807, 2.05) is 6.07 Å². The number of hydrogen-bond donors (Lipinski definition) is 0. The molecular weight excluding hydrogens is 366 g/mol. The van der Waals surface area contributed by atoms with Crippen LogP contribution in [0.25, 0.3) is 50.1 Å². The van der Waals surface area contributed by atoms with E-state index in [1.54, 1.807) is 0 Å². The first-order valence-electron chi connectivity index (χ1n) is 10.2. The lowest BCUT2D eigenvalue weighted by molar-refractivity contribution is 0.974. The number of aryl methyl sites for hydroxylation is 2. The molecule has 0 N–H and O–H groups in total. The molecule has 0 aliphatic heterocycles. The molecule has 0 amide bonds. The molecular formula is C27H21N3. The minimum atomic E-state index is 0.970. The third kappa shape index (κ3) is 2.49. The summed E-state index contributed by atoms with van der Waals surface area (Å²) in [4.78, 5) is 4.83. The molecule has 3 heteroatoms. The number of benzene rings is 4. The molecule has 2 aromatic heterocycles. The van der Waals surface area contributed by atoms with Crippen molar-refractivity contribution in [1.29, 1.82) is 0 Å². The molecule has 6 aromatic rings. The van der Waals surface area contributed by atoms with Crippen molar-refractivity contribution < 1.29 is 0 Å². The summed E-state index contributed by atoms with van der Waals surface area (Å²) in [6.07, 6.45) is 0. The molecule has 0 aliphatic rings. The van der Waals surface area contributed by atoms with Crippen molar-refractivity contribution in [2.75, 3.05) is 0 Å². The van der Waals surface area contributed by atoms with Crippen molar-refractivity contribution in [3.8, 4) is 22.3 Å².